The molecule has 0 spiro atoms. The molecule has 0 saturated heterocycles. The van der Waals surface area contributed by atoms with E-state index in [0.717, 1.165) is 77.0 Å². The average Bonchev–Trinajstić information content (AvgIpc) is 3.24. The number of hydrogen-bond donors (Lipinski definition) is 3. The van der Waals surface area contributed by atoms with Gasteiger partial charge in [-0.1, -0.05) is 231 Å². The Morgan fingerprint density at radius 2 is 0.797 bits per heavy atom. The van der Waals surface area contributed by atoms with Crippen molar-refractivity contribution >= 4 is 11.9 Å². The van der Waals surface area contributed by atoms with Crippen molar-refractivity contribution in [3.63, 3.8) is 0 Å². The third-order valence-corrected chi connectivity index (χ3v) is 12.0. The molecule has 0 aliphatic carbocycles. The van der Waals surface area contributed by atoms with E-state index in [1.807, 2.05) is 6.08 Å². The summed E-state index contributed by atoms with van der Waals surface area (Å²) in [4.78, 5) is 24.4. The van der Waals surface area contributed by atoms with Crippen LogP contribution in [-0.4, -0.2) is 47.4 Å². The minimum absolute atomic E-state index is 0.0386. The fourth-order valence-corrected chi connectivity index (χ4v) is 7.92. The lowest BCUT2D eigenvalue weighted by Crippen LogP contribution is -2.45. The van der Waals surface area contributed by atoms with Crippen LogP contribution in [0.3, 0.4) is 0 Å². The van der Waals surface area contributed by atoms with Gasteiger partial charge in [0.25, 0.3) is 0 Å². The number of allylic oxidation sites excluding steroid dienone is 3. The monoisotopic (exact) mass is 832 g/mol. The topological polar surface area (TPSA) is 95.9 Å². The van der Waals surface area contributed by atoms with E-state index in [1.165, 1.54) is 173 Å². The Bertz CT molecular complexity index is 920. The molecule has 3 N–H and O–H groups in total. The van der Waals surface area contributed by atoms with Crippen molar-refractivity contribution < 1.29 is 24.5 Å². The van der Waals surface area contributed by atoms with Crippen LogP contribution in [0.15, 0.2) is 24.3 Å². The van der Waals surface area contributed by atoms with Gasteiger partial charge in [-0.3, -0.25) is 9.59 Å². The first-order valence-corrected chi connectivity index (χ1v) is 26.1. The van der Waals surface area contributed by atoms with Crippen LogP contribution in [-0.2, 0) is 14.3 Å². The van der Waals surface area contributed by atoms with Crippen molar-refractivity contribution in [2.45, 2.75) is 289 Å². The van der Waals surface area contributed by atoms with Gasteiger partial charge < -0.3 is 20.3 Å². The molecule has 0 aromatic carbocycles. The van der Waals surface area contributed by atoms with E-state index >= 15 is 0 Å². The molecule has 0 fully saturated rings. The van der Waals surface area contributed by atoms with Crippen LogP contribution >= 0.6 is 0 Å². The molecule has 348 valence electrons. The zero-order valence-corrected chi connectivity index (χ0v) is 39.5. The Balaban J connectivity index is 3.57. The summed E-state index contributed by atoms with van der Waals surface area (Å²) < 4.78 is 5.41. The molecule has 2 atom stereocenters. The third kappa shape index (κ3) is 45.7. The summed E-state index contributed by atoms with van der Waals surface area (Å²) in [6.07, 6.45) is 57.6. The molecule has 0 aromatic rings. The maximum Gasteiger partial charge on any atom is 0.305 e. The molecule has 6 nitrogen and oxygen atoms in total. The predicted octanol–water partition coefficient (Wildman–Crippen LogP) is 15.5. The molecule has 0 aliphatic heterocycles. The van der Waals surface area contributed by atoms with Crippen LogP contribution in [0.25, 0.3) is 0 Å². The van der Waals surface area contributed by atoms with Gasteiger partial charge in [-0.25, -0.2) is 0 Å². The number of unbranched alkanes of at least 4 members (excludes halogenated alkanes) is 35. The van der Waals surface area contributed by atoms with E-state index in [0.29, 0.717) is 19.4 Å². The first kappa shape index (κ1) is 57.3. The fraction of sp³-hybridized carbons (Fsp3) is 0.887. The Hall–Kier alpha value is -1.66. The smallest absolute Gasteiger partial charge is 0.305 e. The molecule has 0 heterocycles. The second-order valence-corrected chi connectivity index (χ2v) is 17.9. The van der Waals surface area contributed by atoms with Crippen molar-refractivity contribution in [2.24, 2.45) is 0 Å². The number of carbonyl (C=O) groups is 2. The molecule has 0 aliphatic rings. The Morgan fingerprint density at radius 3 is 1.20 bits per heavy atom. The summed E-state index contributed by atoms with van der Waals surface area (Å²) in [5, 5.41) is 23.1. The van der Waals surface area contributed by atoms with Crippen LogP contribution < -0.4 is 5.32 Å². The maximum absolute atomic E-state index is 12.4. The molecule has 59 heavy (non-hydrogen) atoms. The molecule has 0 saturated carbocycles. The van der Waals surface area contributed by atoms with Crippen LogP contribution in [0.1, 0.15) is 277 Å². The van der Waals surface area contributed by atoms with Crippen LogP contribution in [0.5, 0.6) is 0 Å². The molecule has 0 radical (unpaired) electrons. The van der Waals surface area contributed by atoms with Crippen molar-refractivity contribution in [1.82, 2.24) is 5.32 Å². The molecule has 0 rings (SSSR count). The van der Waals surface area contributed by atoms with Gasteiger partial charge in [0.15, 0.2) is 0 Å². The number of carbonyl (C=O) groups excluding carboxylic acids is 2. The van der Waals surface area contributed by atoms with E-state index < -0.39 is 12.1 Å². The van der Waals surface area contributed by atoms with Crippen molar-refractivity contribution in [1.29, 1.82) is 0 Å². The molecule has 2 unspecified atom stereocenters. The minimum atomic E-state index is -0.866. The maximum atomic E-state index is 12.4. The lowest BCUT2D eigenvalue weighted by Gasteiger charge is -2.20. The highest BCUT2D eigenvalue weighted by Crippen LogP contribution is 2.16. The Kier molecular flexibility index (Phi) is 47.6. The first-order valence-electron chi connectivity index (χ1n) is 26.1. The third-order valence-electron chi connectivity index (χ3n) is 12.0. The van der Waals surface area contributed by atoms with Crippen LogP contribution in [0.4, 0.5) is 0 Å². The number of esters is 1. The lowest BCUT2D eigenvalue weighted by molar-refractivity contribution is -0.143. The Morgan fingerprint density at radius 1 is 0.458 bits per heavy atom. The highest BCUT2D eigenvalue weighted by Gasteiger charge is 2.18. The summed E-state index contributed by atoms with van der Waals surface area (Å²) in [6.45, 7) is 4.82. The van der Waals surface area contributed by atoms with Gasteiger partial charge in [0.2, 0.25) is 5.91 Å². The van der Waals surface area contributed by atoms with Gasteiger partial charge in [0, 0.05) is 12.8 Å². The summed E-state index contributed by atoms with van der Waals surface area (Å²) in [6, 6.07) is -0.653. The SMILES string of the molecule is CCCCCCCCCCCCCCCCCCCCC/C=C/C(O)C(CO)NC(=O)CCCCCC/C=C\CCCCOC(=O)CCCCCCCCCCCCC. The second-order valence-electron chi connectivity index (χ2n) is 17.9. The fourth-order valence-electron chi connectivity index (χ4n) is 7.92. The molecule has 6 heteroatoms. The number of hydrogen-bond acceptors (Lipinski definition) is 5. The quantitative estimate of drug-likeness (QED) is 0.0322. The van der Waals surface area contributed by atoms with E-state index in [4.69, 9.17) is 4.74 Å². The van der Waals surface area contributed by atoms with Gasteiger partial charge >= 0.3 is 5.97 Å². The minimum Gasteiger partial charge on any atom is -0.466 e. The van der Waals surface area contributed by atoms with Gasteiger partial charge in [-0.15, -0.1) is 0 Å². The van der Waals surface area contributed by atoms with Gasteiger partial charge in [-0.2, -0.15) is 0 Å². The summed E-state index contributed by atoms with van der Waals surface area (Å²) >= 11 is 0. The standard InChI is InChI=1S/C53H101NO5/c1-3-5-7-9-11-13-15-16-17-18-19-20-21-22-23-24-26-29-33-37-41-45-51(56)50(49-55)54-52(57)46-42-38-34-30-27-28-32-36-40-44-48-59-53(58)47-43-39-35-31-25-14-12-10-8-6-4-2/h28,32,41,45,50-51,55-56H,3-27,29-31,33-40,42-44,46-49H2,1-2H3,(H,54,57)/b32-28-,45-41+. The summed E-state index contributed by atoms with van der Waals surface area (Å²) in [7, 11) is 0. The van der Waals surface area contributed by atoms with E-state index in [9.17, 15) is 19.8 Å². The van der Waals surface area contributed by atoms with E-state index in [-0.39, 0.29) is 18.5 Å². The van der Waals surface area contributed by atoms with Crippen LogP contribution in [0, 0.1) is 0 Å². The predicted molar refractivity (Wildman–Crippen MR) is 255 cm³/mol. The number of rotatable bonds is 48. The number of amides is 1. The molecule has 1 amide bonds. The average molecular weight is 832 g/mol. The largest absolute Gasteiger partial charge is 0.466 e. The van der Waals surface area contributed by atoms with Crippen molar-refractivity contribution in [3.8, 4) is 0 Å². The summed E-state index contributed by atoms with van der Waals surface area (Å²) in [5.74, 6) is -0.140. The zero-order chi connectivity index (χ0) is 43.0. The highest BCUT2D eigenvalue weighted by atomic mass is 16.5. The zero-order valence-electron chi connectivity index (χ0n) is 39.5. The number of nitrogens with one attached hydrogen (secondary N) is 1. The molecular weight excluding hydrogens is 731 g/mol. The van der Waals surface area contributed by atoms with Crippen LogP contribution in [0.2, 0.25) is 0 Å². The number of aliphatic hydroxyl groups excluding tert-OH is 2. The normalized spacial score (nSPS) is 12.8. The van der Waals surface area contributed by atoms with Crippen molar-refractivity contribution in [2.75, 3.05) is 13.2 Å². The molecule has 0 bridgehead atoms. The van der Waals surface area contributed by atoms with Gasteiger partial charge in [0.05, 0.1) is 25.4 Å². The highest BCUT2D eigenvalue weighted by molar-refractivity contribution is 5.76. The second kappa shape index (κ2) is 49.0. The van der Waals surface area contributed by atoms with E-state index in [1.54, 1.807) is 6.08 Å². The van der Waals surface area contributed by atoms with Crippen molar-refractivity contribution in [3.05, 3.63) is 24.3 Å². The Labute approximate surface area is 367 Å². The van der Waals surface area contributed by atoms with E-state index in [2.05, 4.69) is 31.3 Å². The van der Waals surface area contributed by atoms with Gasteiger partial charge in [-0.05, 0) is 57.8 Å². The molecule has 0 aromatic heterocycles. The van der Waals surface area contributed by atoms with Gasteiger partial charge in [0.1, 0.15) is 0 Å². The molecular formula is C53H101NO5. The lowest BCUT2D eigenvalue weighted by atomic mass is 10.0. The first-order chi connectivity index (χ1) is 29.0. The number of aliphatic hydroxyl groups is 2. The summed E-state index contributed by atoms with van der Waals surface area (Å²) in [5.41, 5.74) is 0. The number of ether oxygens (including phenoxy) is 1.